The molecule has 2 aliphatic rings. The Labute approximate surface area is 165 Å². The summed E-state index contributed by atoms with van der Waals surface area (Å²) in [5, 5.41) is 10.1. The molecular weight excluding hydrogens is 355 g/mol. The number of benzene rings is 2. The lowest BCUT2D eigenvalue weighted by molar-refractivity contribution is -0.150. The van der Waals surface area contributed by atoms with Crippen molar-refractivity contribution in [2.75, 3.05) is 6.61 Å². The highest BCUT2D eigenvalue weighted by Crippen LogP contribution is 2.49. The van der Waals surface area contributed by atoms with Crippen LogP contribution in [-0.4, -0.2) is 17.7 Å². The lowest BCUT2D eigenvalue weighted by Gasteiger charge is -2.45. The highest BCUT2D eigenvalue weighted by Gasteiger charge is 2.49. The molecule has 2 aromatic rings. The van der Waals surface area contributed by atoms with Crippen LogP contribution in [0.25, 0.3) is 0 Å². The third-order valence-electron chi connectivity index (χ3n) is 6.62. The van der Waals surface area contributed by atoms with Crippen molar-refractivity contribution in [3.05, 3.63) is 71.5 Å². The number of rotatable bonds is 7. The molecule has 0 aromatic heterocycles. The maximum atomic E-state index is 13.5. The van der Waals surface area contributed by atoms with Crippen molar-refractivity contribution >= 4 is 5.97 Å². The van der Waals surface area contributed by atoms with Gasteiger partial charge in [0.25, 0.3) is 0 Å². The van der Waals surface area contributed by atoms with Gasteiger partial charge < -0.3 is 9.84 Å². The Kier molecular flexibility index (Phi) is 5.24. The zero-order valence-corrected chi connectivity index (χ0v) is 16.1. The second-order valence-corrected chi connectivity index (χ2v) is 8.33. The molecule has 0 radical (unpaired) electrons. The van der Waals surface area contributed by atoms with Crippen molar-refractivity contribution in [1.29, 1.82) is 0 Å². The second-order valence-electron chi connectivity index (χ2n) is 8.33. The standard InChI is InChI=1S/C24H27FO3/c25-21-10-8-20(9-11-21)24(28-17-12-18-6-7-18)15-13-23(14-16-24,22(26)27)19-4-2-1-3-5-19/h1-5,8-11,18H,6-7,12-17H2,(H,26,27). The van der Waals surface area contributed by atoms with Gasteiger partial charge in [0.2, 0.25) is 0 Å². The van der Waals surface area contributed by atoms with Gasteiger partial charge in [-0.25, -0.2) is 4.39 Å². The Morgan fingerprint density at radius 2 is 1.61 bits per heavy atom. The Hall–Kier alpha value is -2.20. The largest absolute Gasteiger partial charge is 0.481 e. The number of carboxylic acid groups (broad SMARTS) is 1. The number of hydrogen-bond donors (Lipinski definition) is 1. The van der Waals surface area contributed by atoms with Crippen molar-refractivity contribution < 1.29 is 19.0 Å². The number of aliphatic carboxylic acids is 1. The fourth-order valence-corrected chi connectivity index (χ4v) is 4.56. The minimum absolute atomic E-state index is 0.267. The molecule has 2 aliphatic carbocycles. The van der Waals surface area contributed by atoms with Crippen molar-refractivity contribution in [3.8, 4) is 0 Å². The molecule has 0 bridgehead atoms. The number of carboxylic acids is 1. The molecular formula is C24H27FO3. The average molecular weight is 382 g/mol. The molecule has 0 spiro atoms. The van der Waals surface area contributed by atoms with Crippen LogP contribution >= 0.6 is 0 Å². The normalized spacial score (nSPS) is 27.5. The Bertz CT molecular complexity index is 804. The number of hydrogen-bond acceptors (Lipinski definition) is 2. The van der Waals surface area contributed by atoms with Crippen LogP contribution in [0.15, 0.2) is 54.6 Å². The predicted octanol–water partition coefficient (Wildman–Crippen LogP) is 5.43. The number of halogens is 1. The van der Waals surface area contributed by atoms with Crippen LogP contribution in [0.2, 0.25) is 0 Å². The van der Waals surface area contributed by atoms with Gasteiger partial charge in [0, 0.05) is 6.61 Å². The van der Waals surface area contributed by atoms with E-state index in [0.29, 0.717) is 32.3 Å². The summed E-state index contributed by atoms with van der Waals surface area (Å²) in [7, 11) is 0. The topological polar surface area (TPSA) is 46.5 Å². The summed E-state index contributed by atoms with van der Waals surface area (Å²) in [6, 6.07) is 16.0. The van der Waals surface area contributed by atoms with Crippen LogP contribution in [-0.2, 0) is 20.5 Å². The van der Waals surface area contributed by atoms with Crippen molar-refractivity contribution in [3.63, 3.8) is 0 Å². The molecule has 0 amide bonds. The highest BCUT2D eigenvalue weighted by molar-refractivity contribution is 5.81. The lowest BCUT2D eigenvalue weighted by atomic mass is 9.63. The van der Waals surface area contributed by atoms with E-state index in [1.165, 1.54) is 25.0 Å². The summed E-state index contributed by atoms with van der Waals surface area (Å²) >= 11 is 0. The van der Waals surface area contributed by atoms with E-state index >= 15 is 0 Å². The van der Waals surface area contributed by atoms with E-state index in [1.807, 2.05) is 30.3 Å². The molecule has 0 aliphatic heterocycles. The van der Waals surface area contributed by atoms with E-state index in [9.17, 15) is 14.3 Å². The first-order chi connectivity index (χ1) is 13.5. The van der Waals surface area contributed by atoms with Gasteiger partial charge in [-0.2, -0.15) is 0 Å². The minimum atomic E-state index is -0.884. The van der Waals surface area contributed by atoms with E-state index < -0.39 is 17.0 Å². The SMILES string of the molecule is O=C(O)C1(c2ccccc2)CCC(OCCC2CC2)(c2ccc(F)cc2)CC1. The summed E-state index contributed by atoms with van der Waals surface area (Å²) < 4.78 is 19.9. The summed E-state index contributed by atoms with van der Waals surface area (Å²) in [5.74, 6) is -0.266. The Morgan fingerprint density at radius 3 is 2.18 bits per heavy atom. The summed E-state index contributed by atoms with van der Waals surface area (Å²) in [6.45, 7) is 0.674. The number of carbonyl (C=O) groups is 1. The molecule has 3 nitrogen and oxygen atoms in total. The van der Waals surface area contributed by atoms with E-state index in [2.05, 4.69) is 0 Å². The molecule has 0 atom stereocenters. The van der Waals surface area contributed by atoms with E-state index in [1.54, 1.807) is 12.1 Å². The molecule has 0 heterocycles. The molecule has 1 N–H and O–H groups in total. The smallest absolute Gasteiger partial charge is 0.314 e. The first-order valence-electron chi connectivity index (χ1n) is 10.2. The van der Waals surface area contributed by atoms with E-state index in [4.69, 9.17) is 4.74 Å². The van der Waals surface area contributed by atoms with Crippen molar-refractivity contribution in [1.82, 2.24) is 0 Å². The summed E-state index contributed by atoms with van der Waals surface area (Å²) in [5.41, 5.74) is 0.394. The highest BCUT2D eigenvalue weighted by atomic mass is 19.1. The van der Waals surface area contributed by atoms with Crippen LogP contribution in [0.3, 0.4) is 0 Å². The maximum absolute atomic E-state index is 13.5. The summed E-state index contributed by atoms with van der Waals surface area (Å²) in [4.78, 5) is 12.3. The van der Waals surface area contributed by atoms with Gasteiger partial charge in [-0.15, -0.1) is 0 Å². The first-order valence-corrected chi connectivity index (χ1v) is 10.2. The van der Waals surface area contributed by atoms with Crippen LogP contribution in [0.1, 0.15) is 56.1 Å². The van der Waals surface area contributed by atoms with Gasteiger partial charge in [0.15, 0.2) is 0 Å². The third kappa shape index (κ3) is 3.70. The molecule has 0 saturated heterocycles. The molecule has 28 heavy (non-hydrogen) atoms. The molecule has 2 saturated carbocycles. The maximum Gasteiger partial charge on any atom is 0.314 e. The zero-order chi connectivity index (χ0) is 19.6. The zero-order valence-electron chi connectivity index (χ0n) is 16.1. The Morgan fingerprint density at radius 1 is 0.964 bits per heavy atom. The van der Waals surface area contributed by atoms with Gasteiger partial charge in [-0.05, 0) is 61.3 Å². The monoisotopic (exact) mass is 382 g/mol. The molecule has 4 heteroatoms. The molecule has 2 fully saturated rings. The van der Waals surface area contributed by atoms with Crippen molar-refractivity contribution in [2.45, 2.75) is 56.0 Å². The molecule has 2 aromatic carbocycles. The van der Waals surface area contributed by atoms with Crippen molar-refractivity contribution in [2.24, 2.45) is 5.92 Å². The first kappa shape index (κ1) is 19.1. The van der Waals surface area contributed by atoms with Gasteiger partial charge in [-0.3, -0.25) is 4.79 Å². The average Bonchev–Trinajstić information content (AvgIpc) is 3.54. The Balaban J connectivity index is 1.59. The fourth-order valence-electron chi connectivity index (χ4n) is 4.56. The van der Waals surface area contributed by atoms with Gasteiger partial charge in [-0.1, -0.05) is 55.3 Å². The summed E-state index contributed by atoms with van der Waals surface area (Å²) in [6.07, 6.45) is 5.85. The second kappa shape index (κ2) is 7.67. The molecule has 0 unspecified atom stereocenters. The van der Waals surface area contributed by atoms with Gasteiger partial charge >= 0.3 is 5.97 Å². The lowest BCUT2D eigenvalue weighted by Crippen LogP contribution is -2.45. The van der Waals surface area contributed by atoms with E-state index in [0.717, 1.165) is 23.5 Å². The predicted molar refractivity (Wildman–Crippen MR) is 106 cm³/mol. The fraction of sp³-hybridized carbons (Fsp3) is 0.458. The van der Waals surface area contributed by atoms with Gasteiger partial charge in [0.1, 0.15) is 5.82 Å². The molecule has 4 rings (SSSR count). The molecule has 148 valence electrons. The van der Waals surface area contributed by atoms with E-state index in [-0.39, 0.29) is 5.82 Å². The third-order valence-corrected chi connectivity index (χ3v) is 6.62. The van der Waals surface area contributed by atoms with Crippen LogP contribution < -0.4 is 0 Å². The van der Waals surface area contributed by atoms with Crippen LogP contribution in [0.4, 0.5) is 4.39 Å². The number of ether oxygens (including phenoxy) is 1. The van der Waals surface area contributed by atoms with Gasteiger partial charge in [0.05, 0.1) is 11.0 Å². The van der Waals surface area contributed by atoms with Crippen LogP contribution in [0, 0.1) is 11.7 Å². The van der Waals surface area contributed by atoms with Crippen LogP contribution in [0.5, 0.6) is 0 Å². The quantitative estimate of drug-likeness (QED) is 0.694. The minimum Gasteiger partial charge on any atom is -0.481 e.